The number of imidazole rings is 1. The fourth-order valence-corrected chi connectivity index (χ4v) is 1.68. The second-order valence-electron chi connectivity index (χ2n) is 3.11. The van der Waals surface area contributed by atoms with Crippen molar-refractivity contribution < 1.29 is 9.18 Å². The van der Waals surface area contributed by atoms with E-state index in [2.05, 4.69) is 20.9 Å². The second-order valence-corrected chi connectivity index (χ2v) is 4.02. The molecule has 0 atom stereocenters. The van der Waals surface area contributed by atoms with E-state index in [0.717, 1.165) is 0 Å². The predicted molar refractivity (Wildman–Crippen MR) is 59.7 cm³/mol. The molecule has 2 N–H and O–H groups in total. The van der Waals surface area contributed by atoms with Crippen LogP contribution in [0.15, 0.2) is 35.2 Å². The molecule has 0 saturated carbocycles. The number of halogens is 2. The van der Waals surface area contributed by atoms with Crippen LogP contribution < -0.4 is 5.73 Å². The molecule has 0 spiro atoms. The summed E-state index contributed by atoms with van der Waals surface area (Å²) in [6.45, 7) is 0. The molecule has 0 saturated heterocycles. The van der Waals surface area contributed by atoms with Gasteiger partial charge in [-0.15, -0.1) is 0 Å². The fourth-order valence-electron chi connectivity index (χ4n) is 1.35. The first-order chi connectivity index (χ1) is 7.59. The van der Waals surface area contributed by atoms with Crippen molar-refractivity contribution in [1.29, 1.82) is 0 Å². The standard InChI is InChI=1S/C10H7BrFN3O/c11-6-1-2-8(7(12)3-6)15-5-14-4-9(15)10(13)16/h1-5H,(H2,13,16). The fraction of sp³-hybridized carbons (Fsp3) is 0. The molecule has 2 aromatic rings. The van der Waals surface area contributed by atoms with Gasteiger partial charge in [-0.05, 0) is 18.2 Å². The molecule has 0 bridgehead atoms. The number of nitrogens with two attached hydrogens (primary N) is 1. The molecule has 1 heterocycles. The van der Waals surface area contributed by atoms with Gasteiger partial charge in [0.1, 0.15) is 11.5 Å². The van der Waals surface area contributed by atoms with Crippen LogP contribution in [0.25, 0.3) is 5.69 Å². The van der Waals surface area contributed by atoms with Crippen molar-refractivity contribution in [3.63, 3.8) is 0 Å². The summed E-state index contributed by atoms with van der Waals surface area (Å²) in [5.74, 6) is -1.12. The SMILES string of the molecule is NC(=O)c1cncn1-c1ccc(Br)cc1F. The molecule has 1 aromatic carbocycles. The predicted octanol–water partition coefficient (Wildman–Crippen LogP) is 1.87. The smallest absolute Gasteiger partial charge is 0.267 e. The normalized spacial score (nSPS) is 10.4. The Labute approximate surface area is 99.0 Å². The molecule has 0 aliphatic carbocycles. The number of nitrogens with zero attached hydrogens (tertiary/aromatic N) is 2. The second kappa shape index (κ2) is 4.05. The Bertz CT molecular complexity index is 553. The highest BCUT2D eigenvalue weighted by atomic mass is 79.9. The van der Waals surface area contributed by atoms with Crippen molar-refractivity contribution in [3.05, 3.63) is 46.7 Å². The highest BCUT2D eigenvalue weighted by molar-refractivity contribution is 9.10. The van der Waals surface area contributed by atoms with E-state index < -0.39 is 11.7 Å². The molecule has 4 nitrogen and oxygen atoms in total. The van der Waals surface area contributed by atoms with E-state index in [4.69, 9.17) is 5.73 Å². The van der Waals surface area contributed by atoms with E-state index in [-0.39, 0.29) is 11.4 Å². The van der Waals surface area contributed by atoms with Gasteiger partial charge in [-0.3, -0.25) is 9.36 Å². The maximum atomic E-state index is 13.6. The summed E-state index contributed by atoms with van der Waals surface area (Å²) in [5.41, 5.74) is 5.52. The van der Waals surface area contributed by atoms with E-state index in [9.17, 15) is 9.18 Å². The minimum Gasteiger partial charge on any atom is -0.364 e. The molecular weight excluding hydrogens is 277 g/mol. The van der Waals surface area contributed by atoms with Gasteiger partial charge in [0.2, 0.25) is 0 Å². The van der Waals surface area contributed by atoms with Gasteiger partial charge in [0.25, 0.3) is 5.91 Å². The van der Waals surface area contributed by atoms with Crippen molar-refractivity contribution in [2.75, 3.05) is 0 Å². The van der Waals surface area contributed by atoms with Crippen LogP contribution in [0.4, 0.5) is 4.39 Å². The number of hydrogen-bond acceptors (Lipinski definition) is 2. The molecule has 0 unspecified atom stereocenters. The lowest BCUT2D eigenvalue weighted by Gasteiger charge is -2.06. The number of aromatic nitrogens is 2. The molecule has 82 valence electrons. The van der Waals surface area contributed by atoms with Gasteiger partial charge in [0.15, 0.2) is 0 Å². The molecule has 0 radical (unpaired) electrons. The summed E-state index contributed by atoms with van der Waals surface area (Å²) >= 11 is 3.15. The van der Waals surface area contributed by atoms with Crippen LogP contribution in [0.3, 0.4) is 0 Å². The van der Waals surface area contributed by atoms with E-state index in [1.54, 1.807) is 6.07 Å². The molecule has 0 fully saturated rings. The van der Waals surface area contributed by atoms with Crippen molar-refractivity contribution >= 4 is 21.8 Å². The summed E-state index contributed by atoms with van der Waals surface area (Å²) in [5, 5.41) is 0. The lowest BCUT2D eigenvalue weighted by molar-refractivity contribution is 0.0994. The largest absolute Gasteiger partial charge is 0.364 e. The topological polar surface area (TPSA) is 60.9 Å². The van der Waals surface area contributed by atoms with Gasteiger partial charge < -0.3 is 5.73 Å². The Kier molecular flexibility index (Phi) is 2.74. The van der Waals surface area contributed by atoms with E-state index in [0.29, 0.717) is 4.47 Å². The number of primary amides is 1. The number of rotatable bonds is 2. The van der Waals surface area contributed by atoms with Crippen LogP contribution >= 0.6 is 15.9 Å². The van der Waals surface area contributed by atoms with Gasteiger partial charge in [-0.2, -0.15) is 0 Å². The van der Waals surface area contributed by atoms with Crippen molar-refractivity contribution in [2.45, 2.75) is 0 Å². The lowest BCUT2D eigenvalue weighted by atomic mass is 10.3. The minimum absolute atomic E-state index is 0.140. The molecule has 1 amide bonds. The van der Waals surface area contributed by atoms with Crippen LogP contribution in [0.5, 0.6) is 0 Å². The third-order valence-corrected chi connectivity index (χ3v) is 2.55. The third-order valence-electron chi connectivity index (χ3n) is 2.06. The van der Waals surface area contributed by atoms with E-state index >= 15 is 0 Å². The number of carbonyl (C=O) groups is 1. The summed E-state index contributed by atoms with van der Waals surface area (Å²) < 4.78 is 15.6. The number of amides is 1. The van der Waals surface area contributed by atoms with Crippen LogP contribution in [-0.2, 0) is 0 Å². The molecule has 2 rings (SSSR count). The average Bonchev–Trinajstić information content (AvgIpc) is 2.66. The quantitative estimate of drug-likeness (QED) is 0.915. The Morgan fingerprint density at radius 2 is 2.25 bits per heavy atom. The Hall–Kier alpha value is -1.69. The van der Waals surface area contributed by atoms with Crippen molar-refractivity contribution in [3.8, 4) is 5.69 Å². The molecule has 6 heteroatoms. The van der Waals surface area contributed by atoms with Gasteiger partial charge in [-0.25, -0.2) is 9.37 Å². The number of hydrogen-bond donors (Lipinski definition) is 1. The van der Waals surface area contributed by atoms with E-state index in [1.165, 1.54) is 29.2 Å². The first-order valence-corrected chi connectivity index (χ1v) is 5.16. The summed E-state index contributed by atoms with van der Waals surface area (Å²) in [6.07, 6.45) is 2.64. The zero-order valence-corrected chi connectivity index (χ0v) is 9.61. The van der Waals surface area contributed by atoms with Crippen molar-refractivity contribution in [1.82, 2.24) is 9.55 Å². The Balaban J connectivity index is 2.59. The molecule has 0 aliphatic heterocycles. The first kappa shape index (κ1) is 10.8. The Morgan fingerprint density at radius 3 is 2.88 bits per heavy atom. The third kappa shape index (κ3) is 1.83. The van der Waals surface area contributed by atoms with Gasteiger partial charge in [-0.1, -0.05) is 15.9 Å². The average molecular weight is 284 g/mol. The molecular formula is C10H7BrFN3O. The lowest BCUT2D eigenvalue weighted by Crippen LogP contribution is -2.16. The van der Waals surface area contributed by atoms with Crippen LogP contribution in [0.2, 0.25) is 0 Å². The maximum Gasteiger partial charge on any atom is 0.267 e. The van der Waals surface area contributed by atoms with Crippen LogP contribution in [0.1, 0.15) is 10.5 Å². The monoisotopic (exact) mass is 283 g/mol. The van der Waals surface area contributed by atoms with Crippen LogP contribution in [0, 0.1) is 5.82 Å². The van der Waals surface area contributed by atoms with Crippen molar-refractivity contribution in [2.24, 2.45) is 5.73 Å². The Morgan fingerprint density at radius 1 is 1.50 bits per heavy atom. The molecule has 1 aromatic heterocycles. The summed E-state index contributed by atoms with van der Waals surface area (Å²) in [7, 11) is 0. The van der Waals surface area contributed by atoms with Gasteiger partial charge >= 0.3 is 0 Å². The van der Waals surface area contributed by atoms with Gasteiger partial charge in [0.05, 0.1) is 18.2 Å². The highest BCUT2D eigenvalue weighted by Gasteiger charge is 2.12. The van der Waals surface area contributed by atoms with Gasteiger partial charge in [0, 0.05) is 4.47 Å². The number of benzene rings is 1. The maximum absolute atomic E-state index is 13.6. The summed E-state index contributed by atoms with van der Waals surface area (Å²) in [6, 6.07) is 4.51. The minimum atomic E-state index is -0.653. The number of carbonyl (C=O) groups excluding carboxylic acids is 1. The van der Waals surface area contributed by atoms with Crippen LogP contribution in [-0.4, -0.2) is 15.5 Å². The zero-order valence-electron chi connectivity index (χ0n) is 8.02. The zero-order chi connectivity index (χ0) is 11.7. The summed E-state index contributed by atoms with van der Waals surface area (Å²) in [4.78, 5) is 14.8. The molecule has 0 aliphatic rings. The van der Waals surface area contributed by atoms with E-state index in [1.807, 2.05) is 0 Å². The first-order valence-electron chi connectivity index (χ1n) is 4.37. The highest BCUT2D eigenvalue weighted by Crippen LogP contribution is 2.19. The molecule has 16 heavy (non-hydrogen) atoms.